The number of primary amides is 1. The van der Waals surface area contributed by atoms with Crippen LogP contribution in [0.5, 0.6) is 0 Å². The molecule has 0 unspecified atom stereocenters. The molecule has 2 aliphatic rings. The number of ether oxygens (including phenoxy) is 1. The van der Waals surface area contributed by atoms with Gasteiger partial charge >= 0.3 is 5.97 Å². The van der Waals surface area contributed by atoms with Crippen LogP contribution in [-0.4, -0.2) is 60.0 Å². The van der Waals surface area contributed by atoms with Crippen LogP contribution >= 0.6 is 0 Å². The smallest absolute Gasteiger partial charge is 0.307 e. The van der Waals surface area contributed by atoms with Gasteiger partial charge in [0.15, 0.2) is 0 Å². The highest BCUT2D eigenvalue weighted by atomic mass is 19.1. The standard InChI is InChI=1S/C32H38F2N4O4/c1-32(2)16-26-29(30-23(34)14-19(33)15-25(30)38(26)27(39)17-32)18-5-10-22(31(35)41)24(13-18)36-20-6-8-21(9-7-20)42-28(40)11-12-37(3)4/h5,10,13-15,20-21,36H,6-9,11-12,16-17H2,1-4H3,(H2,35,41). The minimum absolute atomic E-state index is 0.00103. The molecule has 1 aliphatic carbocycles. The van der Waals surface area contributed by atoms with Gasteiger partial charge in [-0.2, -0.15) is 0 Å². The molecule has 1 aliphatic heterocycles. The van der Waals surface area contributed by atoms with Crippen LogP contribution in [-0.2, 0) is 16.0 Å². The molecular formula is C32H38F2N4O4. The van der Waals surface area contributed by atoms with E-state index in [1.165, 1.54) is 10.6 Å². The average Bonchev–Trinajstić information content (AvgIpc) is 3.21. The summed E-state index contributed by atoms with van der Waals surface area (Å²) in [6.45, 7) is 4.59. The number of carbonyl (C=O) groups is 3. The summed E-state index contributed by atoms with van der Waals surface area (Å²) in [4.78, 5) is 39.7. The first kappa shape index (κ1) is 29.7. The molecule has 1 saturated carbocycles. The fraction of sp³-hybridized carbons (Fsp3) is 0.469. The molecule has 1 fully saturated rings. The van der Waals surface area contributed by atoms with E-state index in [-0.39, 0.29) is 52.3 Å². The van der Waals surface area contributed by atoms with Crippen molar-refractivity contribution in [3.8, 4) is 11.1 Å². The highest BCUT2D eigenvalue weighted by molar-refractivity contribution is 6.06. The van der Waals surface area contributed by atoms with Crippen molar-refractivity contribution in [2.24, 2.45) is 11.1 Å². The fourth-order valence-electron chi connectivity index (χ4n) is 6.29. The number of nitrogens with zero attached hydrogens (tertiary/aromatic N) is 2. The number of anilines is 1. The maximum absolute atomic E-state index is 15.4. The summed E-state index contributed by atoms with van der Waals surface area (Å²) in [6.07, 6.45) is 3.73. The molecule has 5 rings (SSSR count). The first-order valence-corrected chi connectivity index (χ1v) is 14.4. The summed E-state index contributed by atoms with van der Waals surface area (Å²) in [6, 6.07) is 7.09. The van der Waals surface area contributed by atoms with Gasteiger partial charge < -0.3 is 20.7 Å². The van der Waals surface area contributed by atoms with Crippen LogP contribution < -0.4 is 11.1 Å². The summed E-state index contributed by atoms with van der Waals surface area (Å²) in [5.74, 6) is -2.54. The lowest BCUT2D eigenvalue weighted by Gasteiger charge is -2.31. The van der Waals surface area contributed by atoms with E-state index in [1.807, 2.05) is 32.8 Å². The summed E-state index contributed by atoms with van der Waals surface area (Å²) in [7, 11) is 3.81. The number of nitrogens with one attached hydrogen (secondary N) is 1. The molecule has 0 saturated heterocycles. The number of hydrogen-bond donors (Lipinski definition) is 2. The zero-order valence-electron chi connectivity index (χ0n) is 24.6. The van der Waals surface area contributed by atoms with E-state index in [0.717, 1.165) is 18.9 Å². The summed E-state index contributed by atoms with van der Waals surface area (Å²) in [5.41, 5.74) is 8.07. The first-order chi connectivity index (χ1) is 19.8. The molecule has 3 N–H and O–H groups in total. The van der Waals surface area contributed by atoms with Gasteiger partial charge in [0.2, 0.25) is 5.91 Å². The molecule has 0 spiro atoms. The Kier molecular flexibility index (Phi) is 8.11. The van der Waals surface area contributed by atoms with E-state index in [1.54, 1.807) is 18.2 Å². The lowest BCUT2D eigenvalue weighted by molar-refractivity contribution is -0.150. The molecule has 3 aromatic rings. The minimum Gasteiger partial charge on any atom is -0.462 e. The van der Waals surface area contributed by atoms with Gasteiger partial charge in [0.1, 0.15) is 17.7 Å². The predicted molar refractivity (Wildman–Crippen MR) is 157 cm³/mol. The molecule has 1 aromatic heterocycles. The highest BCUT2D eigenvalue weighted by Crippen LogP contribution is 2.44. The number of hydrogen-bond acceptors (Lipinski definition) is 6. The minimum atomic E-state index is -0.755. The largest absolute Gasteiger partial charge is 0.462 e. The van der Waals surface area contributed by atoms with Crippen molar-refractivity contribution in [2.45, 2.75) is 70.9 Å². The van der Waals surface area contributed by atoms with E-state index >= 15 is 4.39 Å². The number of amides is 1. The number of fused-ring (bicyclic) bond motifs is 3. The van der Waals surface area contributed by atoms with Gasteiger partial charge in [-0.25, -0.2) is 8.78 Å². The summed E-state index contributed by atoms with van der Waals surface area (Å²) < 4.78 is 36.8. The third kappa shape index (κ3) is 6.04. The Hall–Kier alpha value is -3.79. The molecular weight excluding hydrogens is 542 g/mol. The van der Waals surface area contributed by atoms with Crippen LogP contribution in [0.25, 0.3) is 22.0 Å². The number of nitrogens with two attached hydrogens (primary N) is 1. The van der Waals surface area contributed by atoms with E-state index in [2.05, 4.69) is 5.32 Å². The van der Waals surface area contributed by atoms with Crippen LogP contribution in [0.2, 0.25) is 0 Å². The topological polar surface area (TPSA) is 107 Å². The van der Waals surface area contributed by atoms with Gasteiger partial charge in [-0.05, 0) is 75.4 Å². The van der Waals surface area contributed by atoms with Crippen molar-refractivity contribution in [2.75, 3.05) is 26.0 Å². The van der Waals surface area contributed by atoms with Crippen LogP contribution in [0, 0.1) is 17.0 Å². The van der Waals surface area contributed by atoms with E-state index in [4.69, 9.17) is 10.5 Å². The van der Waals surface area contributed by atoms with Gasteiger partial charge in [-0.3, -0.25) is 19.0 Å². The molecule has 2 heterocycles. The van der Waals surface area contributed by atoms with Crippen LogP contribution in [0.1, 0.15) is 73.2 Å². The zero-order valence-corrected chi connectivity index (χ0v) is 24.6. The summed E-state index contributed by atoms with van der Waals surface area (Å²) >= 11 is 0. The highest BCUT2D eigenvalue weighted by Gasteiger charge is 2.36. The Morgan fingerprint density at radius 3 is 2.48 bits per heavy atom. The number of esters is 1. The van der Waals surface area contributed by atoms with Crippen LogP contribution in [0.4, 0.5) is 14.5 Å². The molecule has 0 atom stereocenters. The van der Waals surface area contributed by atoms with Gasteiger partial charge in [0.05, 0.1) is 17.5 Å². The number of benzene rings is 2. The molecule has 0 bridgehead atoms. The van der Waals surface area contributed by atoms with Crippen molar-refractivity contribution in [1.82, 2.24) is 9.47 Å². The van der Waals surface area contributed by atoms with Crippen LogP contribution in [0.3, 0.4) is 0 Å². The Morgan fingerprint density at radius 2 is 1.81 bits per heavy atom. The predicted octanol–water partition coefficient (Wildman–Crippen LogP) is 5.52. The SMILES string of the molecule is CN(C)CCC(=O)OC1CCC(Nc2cc(-c3c4n(c5cc(F)cc(F)c35)C(=O)CC(C)(C)C4)ccc2C(N)=O)CC1. The van der Waals surface area contributed by atoms with E-state index in [9.17, 15) is 18.8 Å². The number of halogens is 2. The second-order valence-corrected chi connectivity index (χ2v) is 12.6. The van der Waals surface area contributed by atoms with Crippen molar-refractivity contribution < 1.29 is 27.9 Å². The second kappa shape index (κ2) is 11.5. The normalized spacial score (nSPS) is 20.0. The van der Waals surface area contributed by atoms with Crippen LogP contribution in [0.15, 0.2) is 30.3 Å². The first-order valence-electron chi connectivity index (χ1n) is 14.4. The molecule has 10 heteroatoms. The second-order valence-electron chi connectivity index (χ2n) is 12.6. The number of aromatic nitrogens is 1. The van der Waals surface area contributed by atoms with Crippen molar-refractivity contribution in [1.29, 1.82) is 0 Å². The van der Waals surface area contributed by atoms with Gasteiger partial charge in [-0.1, -0.05) is 19.9 Å². The third-order valence-corrected chi connectivity index (χ3v) is 8.28. The fourth-order valence-corrected chi connectivity index (χ4v) is 6.29. The van der Waals surface area contributed by atoms with Gasteiger partial charge in [-0.15, -0.1) is 0 Å². The molecule has 1 amide bonds. The number of carbonyl (C=O) groups excluding carboxylic acids is 3. The molecule has 0 radical (unpaired) electrons. The van der Waals surface area contributed by atoms with Gasteiger partial charge in [0.25, 0.3) is 5.91 Å². The van der Waals surface area contributed by atoms with Crippen molar-refractivity contribution in [3.05, 3.63) is 53.2 Å². The zero-order chi connectivity index (χ0) is 30.3. The molecule has 2 aromatic carbocycles. The van der Waals surface area contributed by atoms with E-state index in [0.29, 0.717) is 54.7 Å². The third-order valence-electron chi connectivity index (χ3n) is 8.28. The van der Waals surface area contributed by atoms with Crippen molar-refractivity contribution in [3.63, 3.8) is 0 Å². The number of rotatable bonds is 8. The quantitative estimate of drug-likeness (QED) is 0.340. The monoisotopic (exact) mass is 580 g/mol. The Labute approximate surface area is 244 Å². The Balaban J connectivity index is 1.46. The average molecular weight is 581 g/mol. The van der Waals surface area contributed by atoms with Gasteiger partial charge in [0, 0.05) is 47.4 Å². The van der Waals surface area contributed by atoms with Crippen molar-refractivity contribution >= 4 is 34.4 Å². The summed E-state index contributed by atoms with van der Waals surface area (Å²) in [5, 5.41) is 3.62. The lowest BCUT2D eigenvalue weighted by Crippen LogP contribution is -2.32. The molecule has 42 heavy (non-hydrogen) atoms. The molecule has 224 valence electrons. The van der Waals surface area contributed by atoms with E-state index < -0.39 is 17.5 Å². The Bertz CT molecular complexity index is 1550. The Morgan fingerprint density at radius 1 is 1.10 bits per heavy atom. The molecule has 8 nitrogen and oxygen atoms in total. The maximum Gasteiger partial charge on any atom is 0.307 e. The maximum atomic E-state index is 15.4. The lowest BCUT2D eigenvalue weighted by atomic mass is 9.80.